The van der Waals surface area contributed by atoms with Gasteiger partial charge in [0, 0.05) is 17.1 Å². The summed E-state index contributed by atoms with van der Waals surface area (Å²) in [5.74, 6) is 0.0333. The van der Waals surface area contributed by atoms with E-state index in [4.69, 9.17) is 5.26 Å². The van der Waals surface area contributed by atoms with Crippen LogP contribution in [0.3, 0.4) is 0 Å². The van der Waals surface area contributed by atoms with Crippen LogP contribution in [-0.4, -0.2) is 10.8 Å². The second kappa shape index (κ2) is 3.58. The lowest BCUT2D eigenvalue weighted by Crippen LogP contribution is -1.92. The molecule has 0 atom stereocenters. The number of nitrogens with one attached hydrogen (secondary N) is 1. The highest BCUT2D eigenvalue weighted by atomic mass is 16.1. The van der Waals surface area contributed by atoms with Crippen molar-refractivity contribution in [2.24, 2.45) is 0 Å². The molecule has 0 saturated heterocycles. The summed E-state index contributed by atoms with van der Waals surface area (Å²) in [4.78, 5) is 14.4. The zero-order chi connectivity index (χ0) is 10.8. The quantitative estimate of drug-likeness (QED) is 0.753. The number of para-hydroxylation sites is 1. The molecule has 0 radical (unpaired) electrons. The Morgan fingerprint density at radius 2 is 2.33 bits per heavy atom. The minimum absolute atomic E-state index is 0.0333. The number of aromatic nitrogens is 1. The van der Waals surface area contributed by atoms with Crippen molar-refractivity contribution in [2.75, 3.05) is 0 Å². The first kappa shape index (κ1) is 9.47. The Balaban J connectivity index is 2.70. The monoisotopic (exact) mass is 198 g/mol. The lowest BCUT2D eigenvalue weighted by Gasteiger charge is -1.98. The van der Waals surface area contributed by atoms with Crippen molar-refractivity contribution in [3.8, 4) is 6.07 Å². The third kappa shape index (κ3) is 1.50. The summed E-state index contributed by atoms with van der Waals surface area (Å²) in [7, 11) is 0. The Hall–Kier alpha value is -2.08. The van der Waals surface area contributed by atoms with E-state index in [-0.39, 0.29) is 5.78 Å². The maximum absolute atomic E-state index is 11.3. The van der Waals surface area contributed by atoms with E-state index < -0.39 is 0 Å². The molecule has 0 amide bonds. The Labute approximate surface area is 87.3 Å². The average Bonchev–Trinajstić information content (AvgIpc) is 2.62. The van der Waals surface area contributed by atoms with Gasteiger partial charge in [-0.3, -0.25) is 4.79 Å². The number of nitriles is 1. The number of carbonyl (C=O) groups excluding carboxylic acids is 1. The van der Waals surface area contributed by atoms with E-state index in [9.17, 15) is 4.79 Å². The van der Waals surface area contributed by atoms with Gasteiger partial charge in [-0.25, -0.2) is 0 Å². The number of carbonyl (C=O) groups is 1. The number of aromatic amines is 1. The number of benzene rings is 1. The van der Waals surface area contributed by atoms with Gasteiger partial charge in [0.1, 0.15) is 0 Å². The lowest BCUT2D eigenvalue weighted by atomic mass is 10.1. The molecule has 0 bridgehead atoms. The van der Waals surface area contributed by atoms with Gasteiger partial charge in [0.25, 0.3) is 0 Å². The summed E-state index contributed by atoms with van der Waals surface area (Å²) in [6.07, 6.45) is 2.15. The molecule has 0 fully saturated rings. The number of ketones is 1. The molecule has 0 aliphatic rings. The first-order chi connectivity index (χ1) is 7.24. The maximum Gasteiger partial charge on any atom is 0.161 e. The van der Waals surface area contributed by atoms with Crippen molar-refractivity contribution in [3.05, 3.63) is 35.5 Å². The second-order valence-corrected chi connectivity index (χ2v) is 3.43. The fourth-order valence-electron chi connectivity index (χ4n) is 1.74. The largest absolute Gasteiger partial charge is 0.360 e. The Morgan fingerprint density at radius 1 is 1.53 bits per heavy atom. The van der Waals surface area contributed by atoms with E-state index >= 15 is 0 Å². The zero-order valence-corrected chi connectivity index (χ0v) is 8.37. The van der Waals surface area contributed by atoms with Gasteiger partial charge < -0.3 is 4.98 Å². The van der Waals surface area contributed by atoms with Gasteiger partial charge in [0.15, 0.2) is 5.78 Å². The predicted molar refractivity (Wildman–Crippen MR) is 57.6 cm³/mol. The van der Waals surface area contributed by atoms with E-state index in [1.54, 1.807) is 19.2 Å². The number of Topliss-reactive ketones (excluding diaryl/α,β-unsaturated/α-hetero) is 1. The second-order valence-electron chi connectivity index (χ2n) is 3.43. The van der Waals surface area contributed by atoms with Crippen LogP contribution < -0.4 is 0 Å². The highest BCUT2D eigenvalue weighted by molar-refractivity contribution is 6.06. The maximum atomic E-state index is 11.3. The molecule has 3 nitrogen and oxygen atoms in total. The predicted octanol–water partition coefficient (Wildman–Crippen LogP) is 2.44. The van der Waals surface area contributed by atoms with Crippen LogP contribution in [-0.2, 0) is 6.42 Å². The van der Waals surface area contributed by atoms with Gasteiger partial charge in [0.05, 0.1) is 18.0 Å². The summed E-state index contributed by atoms with van der Waals surface area (Å²) >= 11 is 0. The number of fused-ring (bicyclic) bond motifs is 1. The topological polar surface area (TPSA) is 56.6 Å². The SMILES string of the molecule is CC(=O)c1cccc2c(CC#N)c[nH]c12. The van der Waals surface area contributed by atoms with E-state index in [1.165, 1.54) is 0 Å². The van der Waals surface area contributed by atoms with E-state index in [0.29, 0.717) is 12.0 Å². The minimum Gasteiger partial charge on any atom is -0.360 e. The molecule has 0 saturated carbocycles. The van der Waals surface area contributed by atoms with Crippen molar-refractivity contribution in [3.63, 3.8) is 0 Å². The molecule has 15 heavy (non-hydrogen) atoms. The third-order valence-electron chi connectivity index (χ3n) is 2.45. The van der Waals surface area contributed by atoms with Gasteiger partial charge >= 0.3 is 0 Å². The molecule has 1 N–H and O–H groups in total. The van der Waals surface area contributed by atoms with Gasteiger partial charge in [-0.2, -0.15) is 5.26 Å². The molecule has 0 unspecified atom stereocenters. The molecule has 0 aliphatic heterocycles. The summed E-state index contributed by atoms with van der Waals surface area (Å²) in [6.45, 7) is 1.54. The molecule has 0 spiro atoms. The third-order valence-corrected chi connectivity index (χ3v) is 2.45. The van der Waals surface area contributed by atoms with Crippen LogP contribution in [0.2, 0.25) is 0 Å². The van der Waals surface area contributed by atoms with Crippen molar-refractivity contribution < 1.29 is 4.79 Å². The van der Waals surface area contributed by atoms with E-state index in [0.717, 1.165) is 16.5 Å². The fraction of sp³-hybridized carbons (Fsp3) is 0.167. The van der Waals surface area contributed by atoms with Crippen LogP contribution in [0.1, 0.15) is 22.8 Å². The van der Waals surface area contributed by atoms with Gasteiger partial charge in [-0.1, -0.05) is 12.1 Å². The minimum atomic E-state index is 0.0333. The first-order valence-electron chi connectivity index (χ1n) is 4.71. The summed E-state index contributed by atoms with van der Waals surface area (Å²) in [5, 5.41) is 9.61. The Kier molecular flexibility index (Phi) is 2.26. The van der Waals surface area contributed by atoms with Crippen LogP contribution >= 0.6 is 0 Å². The van der Waals surface area contributed by atoms with Gasteiger partial charge in [-0.15, -0.1) is 0 Å². The first-order valence-corrected chi connectivity index (χ1v) is 4.71. The van der Waals surface area contributed by atoms with Crippen LogP contribution in [0.15, 0.2) is 24.4 Å². The number of H-pyrrole nitrogens is 1. The Bertz CT molecular complexity index is 560. The molecule has 2 rings (SSSR count). The van der Waals surface area contributed by atoms with Crippen LogP contribution in [0.25, 0.3) is 10.9 Å². The van der Waals surface area contributed by atoms with Crippen molar-refractivity contribution in [1.29, 1.82) is 5.26 Å². The highest BCUT2D eigenvalue weighted by Crippen LogP contribution is 2.22. The van der Waals surface area contributed by atoms with Crippen molar-refractivity contribution >= 4 is 16.7 Å². The van der Waals surface area contributed by atoms with Crippen molar-refractivity contribution in [1.82, 2.24) is 4.98 Å². The molecule has 3 heteroatoms. The molecule has 74 valence electrons. The average molecular weight is 198 g/mol. The van der Waals surface area contributed by atoms with Crippen LogP contribution in [0.4, 0.5) is 0 Å². The molecule has 1 heterocycles. The standard InChI is InChI=1S/C12H10N2O/c1-8(15)10-3-2-4-11-9(5-6-13)7-14-12(10)11/h2-4,7,14H,5H2,1H3. The summed E-state index contributed by atoms with van der Waals surface area (Å²) in [6, 6.07) is 7.66. The van der Waals surface area contributed by atoms with E-state index in [1.807, 2.05) is 12.1 Å². The molecule has 0 aliphatic carbocycles. The molecular formula is C12H10N2O. The number of hydrogen-bond donors (Lipinski definition) is 1. The zero-order valence-electron chi connectivity index (χ0n) is 8.37. The van der Waals surface area contributed by atoms with Crippen molar-refractivity contribution in [2.45, 2.75) is 13.3 Å². The number of hydrogen-bond acceptors (Lipinski definition) is 2. The molecule has 2 aromatic rings. The van der Waals surface area contributed by atoms with E-state index in [2.05, 4.69) is 11.1 Å². The van der Waals surface area contributed by atoms with Gasteiger partial charge in [0.2, 0.25) is 0 Å². The molecule has 1 aromatic carbocycles. The number of rotatable bonds is 2. The summed E-state index contributed by atoms with van der Waals surface area (Å²) < 4.78 is 0. The highest BCUT2D eigenvalue weighted by Gasteiger charge is 2.09. The van der Waals surface area contributed by atoms with Crippen LogP contribution in [0.5, 0.6) is 0 Å². The smallest absolute Gasteiger partial charge is 0.161 e. The van der Waals surface area contributed by atoms with Crippen LogP contribution in [0, 0.1) is 11.3 Å². The molecular weight excluding hydrogens is 188 g/mol. The Morgan fingerprint density at radius 3 is 3.00 bits per heavy atom. The fourth-order valence-corrected chi connectivity index (χ4v) is 1.74. The number of nitrogens with zero attached hydrogens (tertiary/aromatic N) is 1. The normalized spacial score (nSPS) is 10.1. The van der Waals surface area contributed by atoms with Gasteiger partial charge in [-0.05, 0) is 18.6 Å². The molecule has 1 aromatic heterocycles. The lowest BCUT2D eigenvalue weighted by molar-refractivity contribution is 0.101. The summed E-state index contributed by atoms with van der Waals surface area (Å²) in [5.41, 5.74) is 2.45.